The number of piperidine rings is 2. The predicted molar refractivity (Wildman–Crippen MR) is 99.8 cm³/mol. The van der Waals surface area contributed by atoms with Crippen molar-refractivity contribution < 1.29 is 0 Å². The average molecular weight is 321 g/mol. The van der Waals surface area contributed by atoms with Gasteiger partial charge in [0.2, 0.25) is 0 Å². The first-order valence-corrected chi connectivity index (χ1v) is 10.1. The minimum atomic E-state index is 0.352. The third-order valence-electron chi connectivity index (χ3n) is 7.37. The summed E-state index contributed by atoms with van der Waals surface area (Å²) >= 11 is 0. The molecule has 1 aliphatic carbocycles. The van der Waals surface area contributed by atoms with Crippen molar-refractivity contribution in [1.29, 1.82) is 0 Å². The molecule has 2 heteroatoms. The maximum Gasteiger partial charge on any atom is 0.0125 e. The Balaban J connectivity index is 1.44. The van der Waals surface area contributed by atoms with Gasteiger partial charge in [0.1, 0.15) is 0 Å². The van der Waals surface area contributed by atoms with Gasteiger partial charge in [-0.2, -0.15) is 0 Å². The van der Waals surface area contributed by atoms with Crippen LogP contribution < -0.4 is 0 Å². The van der Waals surface area contributed by atoms with E-state index in [0.29, 0.717) is 11.0 Å². The highest BCUT2D eigenvalue weighted by Gasteiger charge is 2.49. The first-order valence-electron chi connectivity index (χ1n) is 10.1. The molecular weight excluding hydrogens is 280 g/mol. The van der Waals surface area contributed by atoms with Crippen LogP contribution in [0, 0.1) is 16.7 Å². The molecule has 0 aromatic rings. The monoisotopic (exact) mass is 320 g/mol. The van der Waals surface area contributed by atoms with Crippen LogP contribution in [-0.4, -0.2) is 47.6 Å². The van der Waals surface area contributed by atoms with Crippen LogP contribution in [0.3, 0.4) is 0 Å². The standard InChI is InChI=1S/C21H40N2/c1-19(2,3)17-15-21(16-17)9-13-22(14-10-21)18-7-11-23(12-8-18)20(4,5)6/h17-18H,7-16H2,1-6H3. The predicted octanol–water partition coefficient (Wildman–Crippen LogP) is 4.79. The lowest BCUT2D eigenvalue weighted by molar-refractivity contribution is -0.0685. The molecule has 0 amide bonds. The molecular formula is C21H40N2. The summed E-state index contributed by atoms with van der Waals surface area (Å²) in [6.07, 6.45) is 8.72. The Kier molecular flexibility index (Phi) is 4.64. The molecule has 0 aromatic heterocycles. The zero-order valence-corrected chi connectivity index (χ0v) is 16.6. The van der Waals surface area contributed by atoms with E-state index < -0.39 is 0 Å². The maximum atomic E-state index is 2.84. The Hall–Kier alpha value is -0.0800. The van der Waals surface area contributed by atoms with Gasteiger partial charge in [0, 0.05) is 24.7 Å². The Morgan fingerprint density at radius 2 is 1.30 bits per heavy atom. The Bertz CT molecular complexity index is 391. The van der Waals surface area contributed by atoms with Crippen LogP contribution in [0.5, 0.6) is 0 Å². The van der Waals surface area contributed by atoms with Gasteiger partial charge in [0.05, 0.1) is 0 Å². The Morgan fingerprint density at radius 3 is 1.74 bits per heavy atom. The Labute approximate surface area is 145 Å². The van der Waals surface area contributed by atoms with Crippen molar-refractivity contribution in [3.8, 4) is 0 Å². The first kappa shape index (κ1) is 17.7. The van der Waals surface area contributed by atoms with Crippen molar-refractivity contribution in [2.24, 2.45) is 16.7 Å². The van der Waals surface area contributed by atoms with Gasteiger partial charge in [-0.3, -0.25) is 4.90 Å². The zero-order valence-electron chi connectivity index (χ0n) is 16.6. The number of hydrogen-bond acceptors (Lipinski definition) is 2. The largest absolute Gasteiger partial charge is 0.300 e. The van der Waals surface area contributed by atoms with E-state index >= 15 is 0 Å². The van der Waals surface area contributed by atoms with E-state index in [0.717, 1.165) is 17.4 Å². The van der Waals surface area contributed by atoms with Crippen molar-refractivity contribution in [1.82, 2.24) is 9.80 Å². The van der Waals surface area contributed by atoms with Gasteiger partial charge in [-0.25, -0.2) is 0 Å². The molecule has 0 aromatic carbocycles. The third-order valence-corrected chi connectivity index (χ3v) is 7.37. The first-order chi connectivity index (χ1) is 10.6. The minimum absolute atomic E-state index is 0.352. The van der Waals surface area contributed by atoms with Crippen LogP contribution >= 0.6 is 0 Å². The third kappa shape index (κ3) is 3.79. The SMILES string of the molecule is CC(C)(C)C1CC2(CCN(C3CCN(C(C)(C)C)CC3)CC2)C1. The fourth-order valence-electron chi connectivity index (χ4n) is 5.27. The van der Waals surface area contributed by atoms with Crippen LogP contribution in [0.2, 0.25) is 0 Å². The molecule has 2 aliphatic heterocycles. The van der Waals surface area contributed by atoms with E-state index in [1.807, 2.05) is 0 Å². The van der Waals surface area contributed by atoms with Crippen LogP contribution in [0.15, 0.2) is 0 Å². The summed E-state index contributed by atoms with van der Waals surface area (Å²) in [5, 5.41) is 0. The number of nitrogens with zero attached hydrogens (tertiary/aromatic N) is 2. The fourth-order valence-corrected chi connectivity index (χ4v) is 5.27. The maximum absolute atomic E-state index is 2.84. The molecule has 0 bridgehead atoms. The topological polar surface area (TPSA) is 6.48 Å². The molecule has 1 saturated carbocycles. The van der Waals surface area contributed by atoms with Gasteiger partial charge < -0.3 is 4.90 Å². The summed E-state index contributed by atoms with van der Waals surface area (Å²) in [6.45, 7) is 19.7. The quantitative estimate of drug-likeness (QED) is 0.685. The number of rotatable bonds is 1. The van der Waals surface area contributed by atoms with Gasteiger partial charge >= 0.3 is 0 Å². The highest BCUT2D eigenvalue weighted by Crippen LogP contribution is 2.58. The van der Waals surface area contributed by atoms with Crippen molar-refractivity contribution in [3.63, 3.8) is 0 Å². The second kappa shape index (κ2) is 6.02. The van der Waals surface area contributed by atoms with Gasteiger partial charge in [0.25, 0.3) is 0 Å². The highest BCUT2D eigenvalue weighted by molar-refractivity contribution is 5.01. The van der Waals surface area contributed by atoms with Crippen LogP contribution in [-0.2, 0) is 0 Å². The van der Waals surface area contributed by atoms with E-state index in [1.165, 1.54) is 64.7 Å². The molecule has 0 atom stereocenters. The van der Waals surface area contributed by atoms with Gasteiger partial charge in [-0.1, -0.05) is 20.8 Å². The van der Waals surface area contributed by atoms with Gasteiger partial charge in [0.15, 0.2) is 0 Å². The van der Waals surface area contributed by atoms with Gasteiger partial charge in [-0.15, -0.1) is 0 Å². The molecule has 134 valence electrons. The van der Waals surface area contributed by atoms with Crippen LogP contribution in [0.4, 0.5) is 0 Å². The van der Waals surface area contributed by atoms with E-state index in [4.69, 9.17) is 0 Å². The molecule has 23 heavy (non-hydrogen) atoms. The summed E-state index contributed by atoms with van der Waals surface area (Å²) in [5.74, 6) is 0.976. The Morgan fingerprint density at radius 1 is 0.783 bits per heavy atom. The molecule has 3 rings (SSSR count). The minimum Gasteiger partial charge on any atom is -0.300 e. The van der Waals surface area contributed by atoms with Crippen LogP contribution in [0.25, 0.3) is 0 Å². The summed E-state index contributed by atoms with van der Waals surface area (Å²) in [6, 6.07) is 0.865. The summed E-state index contributed by atoms with van der Waals surface area (Å²) in [7, 11) is 0. The molecule has 0 N–H and O–H groups in total. The summed E-state index contributed by atoms with van der Waals surface area (Å²) in [4.78, 5) is 5.52. The second-order valence-electron chi connectivity index (χ2n) is 10.9. The molecule has 3 aliphatic rings. The molecule has 0 unspecified atom stereocenters. The van der Waals surface area contributed by atoms with E-state index in [9.17, 15) is 0 Å². The summed E-state index contributed by atoms with van der Waals surface area (Å²) < 4.78 is 0. The molecule has 2 nitrogen and oxygen atoms in total. The normalized spacial score (nSPS) is 29.0. The lowest BCUT2D eigenvalue weighted by atomic mass is 9.51. The smallest absolute Gasteiger partial charge is 0.0125 e. The number of likely N-dealkylation sites (tertiary alicyclic amines) is 2. The molecule has 1 spiro atoms. The van der Waals surface area contributed by atoms with Crippen LogP contribution in [0.1, 0.15) is 80.1 Å². The molecule has 3 fully saturated rings. The fraction of sp³-hybridized carbons (Fsp3) is 1.00. The van der Waals surface area contributed by atoms with Crippen molar-refractivity contribution in [3.05, 3.63) is 0 Å². The van der Waals surface area contributed by atoms with E-state index in [-0.39, 0.29) is 0 Å². The van der Waals surface area contributed by atoms with Crippen molar-refractivity contribution in [2.45, 2.75) is 91.6 Å². The molecule has 2 heterocycles. The van der Waals surface area contributed by atoms with Crippen molar-refractivity contribution in [2.75, 3.05) is 26.2 Å². The molecule has 0 radical (unpaired) electrons. The van der Waals surface area contributed by atoms with E-state index in [2.05, 4.69) is 51.3 Å². The lowest BCUT2D eigenvalue weighted by Gasteiger charge is -2.57. The molecule has 2 saturated heterocycles. The van der Waals surface area contributed by atoms with E-state index in [1.54, 1.807) is 0 Å². The average Bonchev–Trinajstić information content (AvgIpc) is 2.43. The van der Waals surface area contributed by atoms with Gasteiger partial charge in [-0.05, 0) is 89.1 Å². The lowest BCUT2D eigenvalue weighted by Crippen LogP contribution is -2.55. The summed E-state index contributed by atoms with van der Waals surface area (Å²) in [5.41, 5.74) is 1.62. The van der Waals surface area contributed by atoms with Crippen molar-refractivity contribution >= 4 is 0 Å². The highest BCUT2D eigenvalue weighted by atomic mass is 15.2. The second-order valence-corrected chi connectivity index (χ2v) is 10.9. The zero-order chi connectivity index (χ0) is 16.9. The number of hydrogen-bond donors (Lipinski definition) is 0.